The Morgan fingerprint density at radius 1 is 0.877 bits per heavy atom. The predicted molar refractivity (Wildman–Crippen MR) is 224 cm³/mol. The van der Waals surface area contributed by atoms with Gasteiger partial charge in [0.05, 0.1) is 11.7 Å². The lowest BCUT2D eigenvalue weighted by Crippen LogP contribution is -2.67. The Balaban J connectivity index is 0.957. The van der Waals surface area contributed by atoms with E-state index < -0.39 is 30.4 Å². The third kappa shape index (κ3) is 6.57. The predicted octanol–water partition coefficient (Wildman–Crippen LogP) is 10.1. The molecule has 0 aromatic heterocycles. The van der Waals surface area contributed by atoms with Crippen molar-refractivity contribution in [3.8, 4) is 0 Å². The molecule has 1 aliphatic heterocycles. The van der Waals surface area contributed by atoms with E-state index in [1.807, 2.05) is 42.5 Å². The van der Waals surface area contributed by atoms with Crippen molar-refractivity contribution in [3.05, 3.63) is 89.5 Å². The highest BCUT2D eigenvalue weighted by Crippen LogP contribution is 2.76. The maximum absolute atomic E-state index is 13.4. The van der Waals surface area contributed by atoms with Gasteiger partial charge in [-0.3, -0.25) is 0 Å². The van der Waals surface area contributed by atoms with Crippen molar-refractivity contribution in [1.82, 2.24) is 5.32 Å². The normalized spacial score (nSPS) is 40.7. The summed E-state index contributed by atoms with van der Waals surface area (Å²) in [6, 6.07) is 17.2. The number of esters is 2. The molecule has 7 heteroatoms. The number of nitrogens with one attached hydrogen (secondary N) is 1. The topological polar surface area (TPSA) is 94.1 Å². The third-order valence-electron chi connectivity index (χ3n) is 17.6. The maximum Gasteiger partial charge on any atom is 0.340 e. The van der Waals surface area contributed by atoms with Crippen LogP contribution in [0.2, 0.25) is 0 Å². The molecule has 5 fully saturated rings. The molecule has 57 heavy (non-hydrogen) atoms. The summed E-state index contributed by atoms with van der Waals surface area (Å²) in [5.74, 6) is 2.16. The van der Waals surface area contributed by atoms with Crippen LogP contribution in [0.25, 0.3) is 5.57 Å². The molecule has 0 spiro atoms. The number of hydrogen-bond donors (Lipinski definition) is 2. The minimum atomic E-state index is -1.05. The largest absolute Gasteiger partial charge is 0.459 e. The Kier molecular flexibility index (Phi) is 10.5. The van der Waals surface area contributed by atoms with Crippen LogP contribution in [0.5, 0.6) is 0 Å². The minimum Gasteiger partial charge on any atom is -0.459 e. The number of rotatable bonds is 8. The van der Waals surface area contributed by atoms with Gasteiger partial charge in [0.1, 0.15) is 6.61 Å². The molecule has 0 amide bonds. The smallest absolute Gasteiger partial charge is 0.340 e. The Bertz CT molecular complexity index is 1890. The molecule has 6 aliphatic rings. The van der Waals surface area contributed by atoms with Gasteiger partial charge < -0.3 is 24.6 Å². The average molecular weight is 778 g/mol. The van der Waals surface area contributed by atoms with E-state index in [-0.39, 0.29) is 35.8 Å². The van der Waals surface area contributed by atoms with Crippen molar-refractivity contribution >= 4 is 17.5 Å². The highest BCUT2D eigenvalue weighted by molar-refractivity contribution is 5.90. The van der Waals surface area contributed by atoms with Gasteiger partial charge in [0.25, 0.3) is 0 Å². The minimum absolute atomic E-state index is 0.0331. The van der Waals surface area contributed by atoms with Crippen molar-refractivity contribution in [2.45, 2.75) is 143 Å². The summed E-state index contributed by atoms with van der Waals surface area (Å²) < 4.78 is 17.0. The molecular formula is C50H67NO6. The van der Waals surface area contributed by atoms with Crippen molar-refractivity contribution in [2.75, 3.05) is 7.05 Å². The quantitative estimate of drug-likeness (QED) is 0.204. The monoisotopic (exact) mass is 777 g/mol. The van der Waals surface area contributed by atoms with Gasteiger partial charge in [-0.1, -0.05) is 95.3 Å². The number of aliphatic hydroxyl groups is 1. The summed E-state index contributed by atoms with van der Waals surface area (Å²) >= 11 is 0. The van der Waals surface area contributed by atoms with Crippen LogP contribution in [0.3, 0.4) is 0 Å². The van der Waals surface area contributed by atoms with Crippen molar-refractivity contribution in [2.24, 2.45) is 51.2 Å². The first-order chi connectivity index (χ1) is 27.1. The molecule has 7 nitrogen and oxygen atoms in total. The number of fused-ring (bicyclic) bond motifs is 7. The molecular weight excluding hydrogens is 711 g/mol. The summed E-state index contributed by atoms with van der Waals surface area (Å²) in [5, 5.41) is 14.4. The first kappa shape index (κ1) is 40.5. The number of carbonyl (C=O) groups is 2. The van der Waals surface area contributed by atoms with Crippen molar-refractivity contribution < 1.29 is 28.9 Å². The zero-order chi connectivity index (χ0) is 40.5. The zero-order valence-electron chi connectivity index (χ0n) is 35.6. The number of aliphatic hydroxyl groups excluding tert-OH is 1. The van der Waals surface area contributed by atoms with E-state index in [4.69, 9.17) is 14.2 Å². The summed E-state index contributed by atoms with van der Waals surface area (Å²) in [6.45, 7) is 19.9. The van der Waals surface area contributed by atoms with Crippen LogP contribution >= 0.6 is 0 Å². The lowest BCUT2D eigenvalue weighted by atomic mass is 9.33. The Morgan fingerprint density at radius 2 is 1.61 bits per heavy atom. The fourth-order valence-electron chi connectivity index (χ4n) is 14.6. The van der Waals surface area contributed by atoms with Crippen LogP contribution in [0.1, 0.15) is 134 Å². The number of ether oxygens (including phenoxy) is 3. The first-order valence-electron chi connectivity index (χ1n) is 22.0. The molecule has 12 unspecified atom stereocenters. The van der Waals surface area contributed by atoms with Crippen LogP contribution in [-0.2, 0) is 25.6 Å². The van der Waals surface area contributed by atoms with Gasteiger partial charge in [-0.15, -0.1) is 0 Å². The molecule has 2 aromatic carbocycles. The molecule has 4 saturated carbocycles. The second-order valence-electron chi connectivity index (χ2n) is 20.4. The number of benzene rings is 2. The highest BCUT2D eigenvalue weighted by Gasteiger charge is 2.70. The molecule has 12 atom stereocenters. The van der Waals surface area contributed by atoms with E-state index in [0.29, 0.717) is 40.1 Å². The molecule has 0 bridgehead atoms. The lowest BCUT2D eigenvalue weighted by molar-refractivity contribution is -0.219. The van der Waals surface area contributed by atoms with Gasteiger partial charge in [0.15, 0.2) is 6.10 Å². The molecule has 1 saturated heterocycles. The van der Waals surface area contributed by atoms with E-state index in [2.05, 4.69) is 78.7 Å². The Hall–Kier alpha value is -3.26. The van der Waals surface area contributed by atoms with E-state index in [9.17, 15) is 14.7 Å². The van der Waals surface area contributed by atoms with E-state index in [0.717, 1.165) is 23.5 Å². The highest BCUT2D eigenvalue weighted by atomic mass is 16.7. The molecule has 2 aromatic rings. The second kappa shape index (κ2) is 14.8. The maximum atomic E-state index is 13.4. The first-order valence-corrected chi connectivity index (χ1v) is 22.0. The van der Waals surface area contributed by atoms with Crippen LogP contribution in [0, 0.1) is 51.2 Å². The molecule has 1 heterocycles. The van der Waals surface area contributed by atoms with Crippen LogP contribution in [0.4, 0.5) is 0 Å². The van der Waals surface area contributed by atoms with Crippen molar-refractivity contribution in [3.63, 3.8) is 0 Å². The standard InChI is InChI=1S/C50H67NO6/c1-31(2)36-20-25-50(51-8)27-26-48(6)38(43(36)50)18-19-41-47(5)23-21-37(46(3,4)40(47)22-24-49(41,48)7)33-14-16-34(17-15-33)44(53)57-42-29-35(52)28-39(56-42)45(54)55-30-32-12-10-9-11-13-32/h9-17,21,35-36,38-43,51-52H,1,18-20,22-30H2,2-8H3. The number of allylic oxidation sites excluding steroid dienone is 3. The summed E-state index contributed by atoms with van der Waals surface area (Å²) in [7, 11) is 2.23. The fraction of sp³-hybridized carbons (Fsp3) is 0.640. The van der Waals surface area contributed by atoms with Gasteiger partial charge in [0, 0.05) is 18.4 Å². The van der Waals surface area contributed by atoms with Crippen LogP contribution in [0.15, 0.2) is 72.8 Å². The molecule has 308 valence electrons. The SMILES string of the molecule is C=C(C)C1CCC2(NC)CCC3(C)C(CCC4C5(C)CC=C(c6ccc(C(=O)OC7CC(O)CC(C(=O)OCc8ccccc8)O7)cc6)C(C)(C)C5CCC43C)C12. The molecule has 0 radical (unpaired) electrons. The summed E-state index contributed by atoms with van der Waals surface area (Å²) in [4.78, 5) is 26.2. The second-order valence-corrected chi connectivity index (χ2v) is 20.4. The van der Waals surface area contributed by atoms with E-state index >= 15 is 0 Å². The lowest BCUT2D eigenvalue weighted by Gasteiger charge is -2.72. The van der Waals surface area contributed by atoms with E-state index in [1.54, 1.807) is 0 Å². The molecule has 2 N–H and O–H groups in total. The molecule has 8 rings (SSSR count). The Labute approximate surface area is 341 Å². The number of carbonyl (C=O) groups excluding carboxylic acids is 2. The van der Waals surface area contributed by atoms with Gasteiger partial charge in [-0.05, 0) is 152 Å². The van der Waals surface area contributed by atoms with Gasteiger partial charge in [-0.2, -0.15) is 0 Å². The zero-order valence-corrected chi connectivity index (χ0v) is 35.6. The van der Waals surface area contributed by atoms with Gasteiger partial charge >= 0.3 is 11.9 Å². The Morgan fingerprint density at radius 3 is 2.32 bits per heavy atom. The van der Waals surface area contributed by atoms with Gasteiger partial charge in [0.2, 0.25) is 6.29 Å². The fourth-order valence-corrected chi connectivity index (χ4v) is 14.6. The third-order valence-corrected chi connectivity index (χ3v) is 17.6. The van der Waals surface area contributed by atoms with Crippen LogP contribution < -0.4 is 5.32 Å². The van der Waals surface area contributed by atoms with E-state index in [1.165, 1.54) is 62.5 Å². The summed E-state index contributed by atoms with van der Waals surface area (Å²) in [5.41, 5.74) is 6.25. The molecule has 5 aliphatic carbocycles. The van der Waals surface area contributed by atoms with Gasteiger partial charge in [-0.25, -0.2) is 9.59 Å². The van der Waals surface area contributed by atoms with Crippen molar-refractivity contribution in [1.29, 1.82) is 0 Å². The van der Waals surface area contributed by atoms with Crippen LogP contribution in [-0.4, -0.2) is 48.1 Å². The average Bonchev–Trinajstić information content (AvgIpc) is 3.58. The summed E-state index contributed by atoms with van der Waals surface area (Å²) in [6.07, 6.45) is 11.2. The number of hydrogen-bond acceptors (Lipinski definition) is 7.